The normalized spacial score (nSPS) is 19.0. The van der Waals surface area contributed by atoms with Crippen LogP contribution in [0.4, 0.5) is 5.69 Å². The molecule has 2 aromatic rings. The van der Waals surface area contributed by atoms with Gasteiger partial charge >= 0.3 is 5.97 Å². The molecular weight excluding hydrogens is 414 g/mol. The Hall–Kier alpha value is -2.55. The highest BCUT2D eigenvalue weighted by Crippen LogP contribution is 2.27. The molecule has 1 amide bonds. The molecule has 3 rings (SSSR count). The summed E-state index contributed by atoms with van der Waals surface area (Å²) in [6.07, 6.45) is 2.65. The van der Waals surface area contributed by atoms with Gasteiger partial charge in [0.25, 0.3) is 5.91 Å². The first-order valence-corrected chi connectivity index (χ1v) is 11.7. The van der Waals surface area contributed by atoms with Gasteiger partial charge < -0.3 is 26.2 Å². The smallest absolute Gasteiger partial charge is 0.326 e. The SMILES string of the molecule is CSCC[C@H](NC(=O)c1ccc(NC[C@@H]2C[C@@H](O)CN2)cc1-c1ccccc1)C(=O)O. The van der Waals surface area contributed by atoms with Gasteiger partial charge in [-0.1, -0.05) is 30.3 Å². The number of hydrogen-bond acceptors (Lipinski definition) is 6. The van der Waals surface area contributed by atoms with E-state index in [-0.39, 0.29) is 12.1 Å². The van der Waals surface area contributed by atoms with Crippen molar-refractivity contribution in [2.24, 2.45) is 0 Å². The number of hydrogen-bond donors (Lipinski definition) is 5. The van der Waals surface area contributed by atoms with Crippen LogP contribution in [0.1, 0.15) is 23.2 Å². The molecule has 1 aliphatic rings. The Balaban J connectivity index is 1.81. The van der Waals surface area contributed by atoms with Crippen LogP contribution in [-0.4, -0.2) is 65.4 Å². The molecule has 7 nitrogen and oxygen atoms in total. The number of aliphatic hydroxyl groups excluding tert-OH is 1. The summed E-state index contributed by atoms with van der Waals surface area (Å²) in [6.45, 7) is 1.26. The number of aliphatic carboxylic acids is 1. The lowest BCUT2D eigenvalue weighted by atomic mass is 9.98. The van der Waals surface area contributed by atoms with Crippen LogP contribution in [0.3, 0.4) is 0 Å². The summed E-state index contributed by atoms with van der Waals surface area (Å²) in [5.41, 5.74) is 2.90. The van der Waals surface area contributed by atoms with Crippen LogP contribution >= 0.6 is 11.8 Å². The maximum atomic E-state index is 13.0. The Labute approximate surface area is 186 Å². The third-order valence-corrected chi connectivity index (χ3v) is 5.96. The molecule has 0 radical (unpaired) electrons. The van der Waals surface area contributed by atoms with Crippen molar-refractivity contribution >= 4 is 29.3 Å². The van der Waals surface area contributed by atoms with Gasteiger partial charge in [0.2, 0.25) is 0 Å². The zero-order valence-corrected chi connectivity index (χ0v) is 18.3. The number of carboxylic acids is 1. The molecule has 1 aliphatic heterocycles. The molecule has 8 heteroatoms. The van der Waals surface area contributed by atoms with E-state index in [2.05, 4.69) is 16.0 Å². The van der Waals surface area contributed by atoms with E-state index in [1.54, 1.807) is 17.8 Å². The summed E-state index contributed by atoms with van der Waals surface area (Å²) >= 11 is 1.54. The van der Waals surface area contributed by atoms with Gasteiger partial charge in [-0.05, 0) is 54.2 Å². The molecule has 0 aromatic heterocycles. The van der Waals surface area contributed by atoms with E-state index in [0.717, 1.165) is 16.8 Å². The number of anilines is 1. The van der Waals surface area contributed by atoms with Crippen LogP contribution in [0.5, 0.6) is 0 Å². The predicted octanol–water partition coefficient (Wildman–Crippen LogP) is 2.42. The highest BCUT2D eigenvalue weighted by Gasteiger charge is 2.23. The van der Waals surface area contributed by atoms with Crippen LogP contribution < -0.4 is 16.0 Å². The minimum atomic E-state index is -1.03. The first-order chi connectivity index (χ1) is 15.0. The lowest BCUT2D eigenvalue weighted by Gasteiger charge is -2.18. The summed E-state index contributed by atoms with van der Waals surface area (Å²) in [4.78, 5) is 24.5. The van der Waals surface area contributed by atoms with Crippen LogP contribution in [0, 0.1) is 0 Å². The molecule has 5 N–H and O–H groups in total. The number of thioether (sulfide) groups is 1. The number of nitrogens with one attached hydrogen (secondary N) is 3. The highest BCUT2D eigenvalue weighted by atomic mass is 32.2. The second kappa shape index (κ2) is 11.2. The molecule has 3 atom stereocenters. The fraction of sp³-hybridized carbons (Fsp3) is 0.391. The summed E-state index contributed by atoms with van der Waals surface area (Å²) in [5, 5.41) is 28.4. The number of carboxylic acid groups (broad SMARTS) is 1. The maximum absolute atomic E-state index is 13.0. The van der Waals surface area contributed by atoms with E-state index in [1.807, 2.05) is 48.7 Å². The standard InChI is InChI=1S/C23H29N3O4S/c1-31-10-9-21(23(29)30)26-22(28)19-8-7-16(24-13-17-11-18(27)14-25-17)12-20(19)15-5-3-2-4-6-15/h2-8,12,17-18,21,24-25,27H,9-11,13-14H2,1H3,(H,26,28)(H,29,30)/t17-,18+,21-/m0/s1. The molecule has 1 saturated heterocycles. The Bertz CT molecular complexity index is 894. The Morgan fingerprint density at radius 1 is 1.23 bits per heavy atom. The van der Waals surface area contributed by atoms with Crippen molar-refractivity contribution in [1.29, 1.82) is 0 Å². The van der Waals surface area contributed by atoms with Gasteiger partial charge in [0.1, 0.15) is 6.04 Å². The molecule has 0 spiro atoms. The molecule has 2 aromatic carbocycles. The van der Waals surface area contributed by atoms with Gasteiger partial charge in [0.05, 0.1) is 6.10 Å². The van der Waals surface area contributed by atoms with Crippen molar-refractivity contribution in [1.82, 2.24) is 10.6 Å². The molecule has 166 valence electrons. The van der Waals surface area contributed by atoms with E-state index in [1.165, 1.54) is 0 Å². The summed E-state index contributed by atoms with van der Waals surface area (Å²) in [6, 6.07) is 14.3. The van der Waals surface area contributed by atoms with Crippen molar-refractivity contribution in [3.8, 4) is 11.1 Å². The largest absolute Gasteiger partial charge is 0.480 e. The third-order valence-electron chi connectivity index (χ3n) is 5.31. The fourth-order valence-corrected chi connectivity index (χ4v) is 4.10. The van der Waals surface area contributed by atoms with Crippen molar-refractivity contribution in [3.05, 3.63) is 54.1 Å². The van der Waals surface area contributed by atoms with Gasteiger partial charge in [0.15, 0.2) is 0 Å². The monoisotopic (exact) mass is 443 g/mol. The average molecular weight is 444 g/mol. The van der Waals surface area contributed by atoms with Crippen LogP contribution in [0.25, 0.3) is 11.1 Å². The minimum Gasteiger partial charge on any atom is -0.480 e. The van der Waals surface area contributed by atoms with E-state index >= 15 is 0 Å². The molecule has 1 heterocycles. The summed E-state index contributed by atoms with van der Waals surface area (Å²) in [5.74, 6) is -0.789. The van der Waals surface area contributed by atoms with Crippen molar-refractivity contribution in [3.63, 3.8) is 0 Å². The first kappa shape index (κ1) is 23.1. The van der Waals surface area contributed by atoms with E-state index in [9.17, 15) is 19.8 Å². The van der Waals surface area contributed by atoms with Gasteiger partial charge in [0, 0.05) is 30.4 Å². The quantitative estimate of drug-likeness (QED) is 0.384. The van der Waals surface area contributed by atoms with E-state index < -0.39 is 17.9 Å². The lowest BCUT2D eigenvalue weighted by Crippen LogP contribution is -2.41. The third kappa shape index (κ3) is 6.46. The molecule has 0 unspecified atom stereocenters. The van der Waals surface area contributed by atoms with Gasteiger partial charge in [-0.2, -0.15) is 11.8 Å². The second-order valence-corrected chi connectivity index (χ2v) is 8.63. The molecular formula is C23H29N3O4S. The molecule has 1 fully saturated rings. The van der Waals surface area contributed by atoms with Gasteiger partial charge in [-0.15, -0.1) is 0 Å². The zero-order chi connectivity index (χ0) is 22.2. The average Bonchev–Trinajstić information content (AvgIpc) is 3.20. The number of amides is 1. The summed E-state index contributed by atoms with van der Waals surface area (Å²) in [7, 11) is 0. The fourth-order valence-electron chi connectivity index (χ4n) is 3.63. The zero-order valence-electron chi connectivity index (χ0n) is 17.5. The number of benzene rings is 2. The number of aliphatic hydroxyl groups is 1. The lowest BCUT2D eigenvalue weighted by molar-refractivity contribution is -0.139. The number of rotatable bonds is 10. The van der Waals surface area contributed by atoms with Crippen LogP contribution in [0.15, 0.2) is 48.5 Å². The van der Waals surface area contributed by atoms with Crippen molar-refractivity contribution in [2.75, 3.05) is 30.4 Å². The summed E-state index contributed by atoms with van der Waals surface area (Å²) < 4.78 is 0. The molecule has 0 aliphatic carbocycles. The molecule has 0 bridgehead atoms. The Morgan fingerprint density at radius 3 is 2.65 bits per heavy atom. The first-order valence-electron chi connectivity index (χ1n) is 10.4. The van der Waals surface area contributed by atoms with Gasteiger partial charge in [-0.25, -0.2) is 4.79 Å². The van der Waals surface area contributed by atoms with E-state index in [0.29, 0.717) is 37.2 Å². The maximum Gasteiger partial charge on any atom is 0.326 e. The van der Waals surface area contributed by atoms with Crippen LogP contribution in [0.2, 0.25) is 0 Å². The second-order valence-electron chi connectivity index (χ2n) is 7.65. The number of β-amino-alcohol motifs (C(OH)–C–C–N with tert-alkyl or cyclic N) is 1. The predicted molar refractivity (Wildman–Crippen MR) is 125 cm³/mol. The van der Waals surface area contributed by atoms with E-state index in [4.69, 9.17) is 0 Å². The van der Waals surface area contributed by atoms with Crippen molar-refractivity contribution in [2.45, 2.75) is 31.0 Å². The molecule has 31 heavy (non-hydrogen) atoms. The topological polar surface area (TPSA) is 111 Å². The van der Waals surface area contributed by atoms with Gasteiger partial charge in [-0.3, -0.25) is 4.79 Å². The minimum absolute atomic E-state index is 0.186. The Kier molecular flexibility index (Phi) is 8.34. The van der Waals surface area contributed by atoms with Crippen LogP contribution in [-0.2, 0) is 4.79 Å². The highest BCUT2D eigenvalue weighted by molar-refractivity contribution is 7.98. The number of carbonyl (C=O) groups is 2. The Morgan fingerprint density at radius 2 is 2.00 bits per heavy atom. The molecule has 0 saturated carbocycles. The number of carbonyl (C=O) groups excluding carboxylic acids is 1. The van der Waals surface area contributed by atoms with Crippen molar-refractivity contribution < 1.29 is 19.8 Å².